The van der Waals surface area contributed by atoms with Crippen molar-refractivity contribution in [2.45, 2.75) is 32.2 Å². The van der Waals surface area contributed by atoms with Crippen LogP contribution in [0, 0.1) is 6.92 Å². The Balaban J connectivity index is 1.41. The van der Waals surface area contributed by atoms with Crippen molar-refractivity contribution in [2.75, 3.05) is 12.4 Å². The average molecular weight is 411 g/mol. The molecule has 0 amide bonds. The largest absolute Gasteiger partial charge is 0.465 e. The van der Waals surface area contributed by atoms with Crippen LogP contribution in [0.25, 0.3) is 10.9 Å². The molecule has 1 aromatic heterocycles. The predicted molar refractivity (Wildman–Crippen MR) is 125 cm³/mol. The highest BCUT2D eigenvalue weighted by molar-refractivity contribution is 5.97. The molecule has 1 heterocycles. The van der Waals surface area contributed by atoms with Crippen LogP contribution in [-0.2, 0) is 11.3 Å². The zero-order valence-electron chi connectivity index (χ0n) is 17.9. The fourth-order valence-electron chi connectivity index (χ4n) is 4.08. The number of esters is 1. The number of hydrogen-bond donors (Lipinski definition) is 1. The van der Waals surface area contributed by atoms with Crippen molar-refractivity contribution < 1.29 is 9.53 Å². The van der Waals surface area contributed by atoms with Crippen LogP contribution >= 0.6 is 0 Å². The Kier molecular flexibility index (Phi) is 4.99. The van der Waals surface area contributed by atoms with E-state index in [0.29, 0.717) is 11.5 Å². The van der Waals surface area contributed by atoms with Gasteiger partial charge in [-0.3, -0.25) is 0 Å². The van der Waals surface area contributed by atoms with E-state index < -0.39 is 0 Å². The number of nitrogens with zero attached hydrogens (tertiary/aromatic N) is 1. The van der Waals surface area contributed by atoms with Crippen LogP contribution in [0.3, 0.4) is 0 Å². The SMILES string of the molecule is COC(=O)c1cc(C2CC2)ccc1Nc1ccc2c(ccn2Cc2ccc(C)cc2)c1. The molecule has 0 atom stereocenters. The summed E-state index contributed by atoms with van der Waals surface area (Å²) >= 11 is 0. The van der Waals surface area contributed by atoms with Gasteiger partial charge in [0.25, 0.3) is 0 Å². The number of nitrogens with one attached hydrogen (secondary N) is 1. The lowest BCUT2D eigenvalue weighted by Crippen LogP contribution is -2.06. The summed E-state index contributed by atoms with van der Waals surface area (Å²) in [6, 6.07) is 23.2. The Morgan fingerprint density at radius 2 is 1.84 bits per heavy atom. The topological polar surface area (TPSA) is 43.3 Å². The highest BCUT2D eigenvalue weighted by atomic mass is 16.5. The molecule has 1 aliphatic carbocycles. The van der Waals surface area contributed by atoms with Crippen LogP contribution in [0.15, 0.2) is 72.9 Å². The Morgan fingerprint density at radius 3 is 2.58 bits per heavy atom. The van der Waals surface area contributed by atoms with Gasteiger partial charge in [0.1, 0.15) is 0 Å². The van der Waals surface area contributed by atoms with Crippen LogP contribution in [-0.4, -0.2) is 17.6 Å². The Hall–Kier alpha value is -3.53. The van der Waals surface area contributed by atoms with Gasteiger partial charge in [-0.25, -0.2) is 4.79 Å². The van der Waals surface area contributed by atoms with Crippen LogP contribution < -0.4 is 5.32 Å². The Bertz CT molecular complexity index is 1250. The quantitative estimate of drug-likeness (QED) is 0.374. The normalized spacial score (nSPS) is 13.4. The molecule has 5 rings (SSSR count). The van der Waals surface area contributed by atoms with Gasteiger partial charge in [0.2, 0.25) is 0 Å². The second-order valence-electron chi connectivity index (χ2n) is 8.40. The van der Waals surface area contributed by atoms with E-state index in [-0.39, 0.29) is 5.97 Å². The molecule has 1 N–H and O–H groups in total. The zero-order chi connectivity index (χ0) is 21.4. The van der Waals surface area contributed by atoms with Crippen molar-refractivity contribution in [3.8, 4) is 0 Å². The van der Waals surface area contributed by atoms with Gasteiger partial charge in [-0.05, 0) is 73.2 Å². The molecule has 0 radical (unpaired) electrons. The van der Waals surface area contributed by atoms with Crippen molar-refractivity contribution in [1.29, 1.82) is 0 Å². The molecule has 4 heteroatoms. The standard InChI is InChI=1S/C27H26N2O2/c1-18-3-5-19(6-4-18)17-29-14-13-22-15-23(10-12-26(22)29)28-25-11-9-21(20-7-8-20)16-24(25)27(30)31-2/h3-6,9-16,20,28H,7-8,17H2,1-2H3. The van der Waals surface area contributed by atoms with Gasteiger partial charge in [-0.2, -0.15) is 0 Å². The summed E-state index contributed by atoms with van der Waals surface area (Å²) in [5.41, 5.74) is 7.26. The second kappa shape index (κ2) is 7.95. The maximum absolute atomic E-state index is 12.4. The summed E-state index contributed by atoms with van der Waals surface area (Å²) in [4.78, 5) is 12.4. The lowest BCUT2D eigenvalue weighted by molar-refractivity contribution is 0.0602. The number of anilines is 2. The van der Waals surface area contributed by atoms with Crippen molar-refractivity contribution in [3.05, 3.63) is 95.2 Å². The number of carbonyl (C=O) groups is 1. The van der Waals surface area contributed by atoms with Gasteiger partial charge in [-0.1, -0.05) is 35.9 Å². The lowest BCUT2D eigenvalue weighted by atomic mass is 10.0. The minimum Gasteiger partial charge on any atom is -0.465 e. The molecule has 4 aromatic rings. The number of methoxy groups -OCH3 is 1. The number of carbonyl (C=O) groups excluding carboxylic acids is 1. The number of rotatable bonds is 6. The van der Waals surface area contributed by atoms with E-state index in [4.69, 9.17) is 4.74 Å². The molecule has 156 valence electrons. The first-order valence-corrected chi connectivity index (χ1v) is 10.7. The zero-order valence-corrected chi connectivity index (χ0v) is 17.9. The Morgan fingerprint density at radius 1 is 1.03 bits per heavy atom. The third-order valence-electron chi connectivity index (χ3n) is 6.02. The number of aromatic nitrogens is 1. The van der Waals surface area contributed by atoms with Gasteiger partial charge in [-0.15, -0.1) is 0 Å². The van der Waals surface area contributed by atoms with Crippen molar-refractivity contribution >= 4 is 28.2 Å². The van der Waals surface area contributed by atoms with Gasteiger partial charge >= 0.3 is 5.97 Å². The minimum atomic E-state index is -0.310. The summed E-state index contributed by atoms with van der Waals surface area (Å²) in [6.45, 7) is 2.94. The monoisotopic (exact) mass is 410 g/mol. The van der Waals surface area contributed by atoms with Gasteiger partial charge in [0.05, 0.1) is 18.4 Å². The molecule has 0 aliphatic heterocycles. The molecule has 0 spiro atoms. The number of benzene rings is 3. The smallest absolute Gasteiger partial charge is 0.339 e. The molecular formula is C27H26N2O2. The van der Waals surface area contributed by atoms with Crippen LogP contribution in [0.1, 0.15) is 45.8 Å². The maximum atomic E-state index is 12.4. The first-order valence-electron chi connectivity index (χ1n) is 10.7. The van der Waals surface area contributed by atoms with E-state index >= 15 is 0 Å². The van der Waals surface area contributed by atoms with E-state index in [9.17, 15) is 4.79 Å². The maximum Gasteiger partial charge on any atom is 0.339 e. The van der Waals surface area contributed by atoms with Gasteiger partial charge in [0.15, 0.2) is 0 Å². The molecule has 0 bridgehead atoms. The minimum absolute atomic E-state index is 0.310. The van der Waals surface area contributed by atoms with Crippen molar-refractivity contribution in [2.24, 2.45) is 0 Å². The first kappa shape index (κ1) is 19.4. The predicted octanol–water partition coefficient (Wildman–Crippen LogP) is 6.41. The molecule has 3 aromatic carbocycles. The van der Waals surface area contributed by atoms with Crippen molar-refractivity contribution in [1.82, 2.24) is 4.57 Å². The highest BCUT2D eigenvalue weighted by Gasteiger charge is 2.25. The van der Waals surface area contributed by atoms with Crippen LogP contribution in [0.2, 0.25) is 0 Å². The van der Waals surface area contributed by atoms with E-state index in [1.807, 2.05) is 12.1 Å². The van der Waals surface area contributed by atoms with Gasteiger partial charge in [0, 0.05) is 29.3 Å². The molecule has 1 aliphatic rings. The van der Waals surface area contributed by atoms with E-state index in [1.165, 1.54) is 42.2 Å². The second-order valence-corrected chi connectivity index (χ2v) is 8.40. The Labute approximate surface area is 182 Å². The van der Waals surface area contributed by atoms with Crippen LogP contribution in [0.5, 0.6) is 0 Å². The van der Waals surface area contributed by atoms with Crippen LogP contribution in [0.4, 0.5) is 11.4 Å². The summed E-state index contributed by atoms with van der Waals surface area (Å²) in [7, 11) is 1.43. The average Bonchev–Trinajstić information content (AvgIpc) is 3.57. The van der Waals surface area contributed by atoms with E-state index in [0.717, 1.165) is 23.3 Å². The first-order chi connectivity index (χ1) is 15.1. The highest BCUT2D eigenvalue weighted by Crippen LogP contribution is 2.41. The molecule has 0 saturated heterocycles. The molecule has 4 nitrogen and oxygen atoms in total. The number of ether oxygens (including phenoxy) is 1. The molecule has 0 unspecified atom stereocenters. The molecule has 31 heavy (non-hydrogen) atoms. The summed E-state index contributed by atoms with van der Waals surface area (Å²) < 4.78 is 7.28. The molecular weight excluding hydrogens is 384 g/mol. The molecule has 1 saturated carbocycles. The summed E-state index contributed by atoms with van der Waals surface area (Å²) in [5.74, 6) is 0.275. The third kappa shape index (κ3) is 4.06. The van der Waals surface area contributed by atoms with E-state index in [1.54, 1.807) is 0 Å². The molecule has 1 fully saturated rings. The summed E-state index contributed by atoms with van der Waals surface area (Å²) in [6.07, 6.45) is 4.52. The number of fused-ring (bicyclic) bond motifs is 1. The van der Waals surface area contributed by atoms with Crippen molar-refractivity contribution in [3.63, 3.8) is 0 Å². The third-order valence-corrected chi connectivity index (χ3v) is 6.02. The number of hydrogen-bond acceptors (Lipinski definition) is 3. The summed E-state index contributed by atoms with van der Waals surface area (Å²) in [5, 5.41) is 4.58. The number of aryl methyl sites for hydroxylation is 1. The fourth-order valence-corrected chi connectivity index (χ4v) is 4.08. The fraction of sp³-hybridized carbons (Fsp3) is 0.222. The lowest BCUT2D eigenvalue weighted by Gasteiger charge is -2.13. The van der Waals surface area contributed by atoms with Gasteiger partial charge < -0.3 is 14.6 Å². The van der Waals surface area contributed by atoms with E-state index in [2.05, 4.69) is 77.6 Å².